The highest BCUT2D eigenvalue weighted by molar-refractivity contribution is 7.16. The Labute approximate surface area is 183 Å². The molecule has 4 rings (SSSR count). The minimum absolute atomic E-state index is 0.128. The third-order valence-electron chi connectivity index (χ3n) is 4.86. The van der Waals surface area contributed by atoms with Gasteiger partial charge in [0.15, 0.2) is 4.80 Å². The molecule has 0 bridgehead atoms. The van der Waals surface area contributed by atoms with Gasteiger partial charge in [-0.2, -0.15) is 4.99 Å². The highest BCUT2D eigenvalue weighted by atomic mass is 32.1. The van der Waals surface area contributed by atoms with Gasteiger partial charge in [0.1, 0.15) is 0 Å². The van der Waals surface area contributed by atoms with Crippen molar-refractivity contribution in [3.8, 4) is 0 Å². The van der Waals surface area contributed by atoms with Crippen molar-refractivity contribution >= 4 is 49.8 Å². The average Bonchev–Trinajstić information content (AvgIpc) is 3.09. The van der Waals surface area contributed by atoms with Crippen LogP contribution in [-0.4, -0.2) is 29.6 Å². The van der Waals surface area contributed by atoms with Gasteiger partial charge in [-0.25, -0.2) is 0 Å². The molecule has 0 aliphatic rings. The second-order valence-electron chi connectivity index (χ2n) is 7.08. The van der Waals surface area contributed by atoms with Gasteiger partial charge in [0, 0.05) is 31.3 Å². The summed E-state index contributed by atoms with van der Waals surface area (Å²) >= 11 is 1.42. The van der Waals surface area contributed by atoms with Crippen LogP contribution in [0.4, 0.5) is 5.69 Å². The number of aromatic nitrogens is 1. The second-order valence-corrected chi connectivity index (χ2v) is 8.08. The zero-order valence-corrected chi connectivity index (χ0v) is 18.2. The molecule has 1 aromatic heterocycles. The SMILES string of the molecule is CCOCCn1c(=NC(=O)c2ccc3ccccc3c2)sc2cc(NC(C)=O)ccc21. The summed E-state index contributed by atoms with van der Waals surface area (Å²) in [7, 11) is 0. The first-order chi connectivity index (χ1) is 15.0. The Bertz CT molecular complexity index is 1340. The van der Waals surface area contributed by atoms with Crippen LogP contribution in [0.25, 0.3) is 21.0 Å². The first-order valence-corrected chi connectivity index (χ1v) is 10.9. The average molecular weight is 434 g/mol. The molecule has 1 N–H and O–H groups in total. The fourth-order valence-electron chi connectivity index (χ4n) is 3.43. The molecule has 0 atom stereocenters. The van der Waals surface area contributed by atoms with Crippen LogP contribution in [0.1, 0.15) is 24.2 Å². The molecule has 31 heavy (non-hydrogen) atoms. The van der Waals surface area contributed by atoms with Crippen molar-refractivity contribution < 1.29 is 14.3 Å². The number of carbonyl (C=O) groups is 2. The smallest absolute Gasteiger partial charge is 0.279 e. The summed E-state index contributed by atoms with van der Waals surface area (Å²) in [6.07, 6.45) is 0. The van der Waals surface area contributed by atoms with E-state index in [1.165, 1.54) is 18.3 Å². The van der Waals surface area contributed by atoms with E-state index in [1.54, 1.807) is 6.07 Å². The van der Waals surface area contributed by atoms with Gasteiger partial charge in [0.25, 0.3) is 5.91 Å². The van der Waals surface area contributed by atoms with Gasteiger partial charge in [-0.15, -0.1) is 0 Å². The Kier molecular flexibility index (Phi) is 6.25. The largest absolute Gasteiger partial charge is 0.380 e. The van der Waals surface area contributed by atoms with Crippen LogP contribution >= 0.6 is 11.3 Å². The first kappa shape index (κ1) is 21.0. The molecule has 4 aromatic rings. The highest BCUT2D eigenvalue weighted by Crippen LogP contribution is 2.22. The van der Waals surface area contributed by atoms with E-state index in [2.05, 4.69) is 10.3 Å². The lowest BCUT2D eigenvalue weighted by Gasteiger charge is -2.06. The van der Waals surface area contributed by atoms with Crippen LogP contribution in [-0.2, 0) is 16.1 Å². The quantitative estimate of drug-likeness (QED) is 0.452. The van der Waals surface area contributed by atoms with Gasteiger partial charge in [0.2, 0.25) is 5.91 Å². The molecule has 6 nitrogen and oxygen atoms in total. The van der Waals surface area contributed by atoms with E-state index >= 15 is 0 Å². The summed E-state index contributed by atoms with van der Waals surface area (Å²) in [5, 5.41) is 4.88. The first-order valence-electron chi connectivity index (χ1n) is 10.1. The van der Waals surface area contributed by atoms with Gasteiger partial charge in [0.05, 0.1) is 16.8 Å². The van der Waals surface area contributed by atoms with Crippen LogP contribution in [0, 0.1) is 0 Å². The standard InChI is InChI=1S/C24H23N3O3S/c1-3-30-13-12-27-21-11-10-20(25-16(2)28)15-22(21)31-24(27)26-23(29)19-9-8-17-6-4-5-7-18(17)14-19/h4-11,14-15H,3,12-13H2,1-2H3,(H,25,28). The second kappa shape index (κ2) is 9.24. The van der Waals surface area contributed by atoms with Gasteiger partial charge in [-0.3, -0.25) is 9.59 Å². The molecule has 1 heterocycles. The fourth-order valence-corrected chi connectivity index (χ4v) is 4.52. The van der Waals surface area contributed by atoms with E-state index in [9.17, 15) is 9.59 Å². The summed E-state index contributed by atoms with van der Waals surface area (Å²) in [6, 6.07) is 19.2. The minimum atomic E-state index is -0.287. The Morgan fingerprint density at radius 2 is 1.87 bits per heavy atom. The number of hydrogen-bond acceptors (Lipinski definition) is 4. The summed E-state index contributed by atoms with van der Waals surface area (Å²) in [4.78, 5) is 29.4. The maximum absolute atomic E-state index is 13.0. The van der Waals surface area contributed by atoms with E-state index in [-0.39, 0.29) is 11.8 Å². The van der Waals surface area contributed by atoms with Crippen LogP contribution < -0.4 is 10.1 Å². The lowest BCUT2D eigenvalue weighted by Crippen LogP contribution is -2.19. The van der Waals surface area contributed by atoms with Gasteiger partial charge in [-0.1, -0.05) is 41.7 Å². The maximum Gasteiger partial charge on any atom is 0.279 e. The molecule has 0 saturated carbocycles. The summed E-state index contributed by atoms with van der Waals surface area (Å²) in [5.74, 6) is -0.416. The van der Waals surface area contributed by atoms with Crippen molar-refractivity contribution in [2.45, 2.75) is 20.4 Å². The normalized spacial score (nSPS) is 11.9. The molecule has 2 amide bonds. The molecule has 0 saturated heterocycles. The number of fused-ring (bicyclic) bond motifs is 2. The lowest BCUT2D eigenvalue weighted by molar-refractivity contribution is -0.114. The zero-order chi connectivity index (χ0) is 21.8. The summed E-state index contributed by atoms with van der Waals surface area (Å²) in [5.41, 5.74) is 2.21. The third kappa shape index (κ3) is 4.73. The fraction of sp³-hybridized carbons (Fsp3) is 0.208. The van der Waals surface area contributed by atoms with Crippen LogP contribution in [0.15, 0.2) is 65.7 Å². The number of carbonyl (C=O) groups excluding carboxylic acids is 2. The Balaban J connectivity index is 1.76. The molecule has 0 spiro atoms. The van der Waals surface area contributed by atoms with Gasteiger partial charge >= 0.3 is 0 Å². The number of hydrogen-bond donors (Lipinski definition) is 1. The van der Waals surface area contributed by atoms with Crippen molar-refractivity contribution in [3.63, 3.8) is 0 Å². The van der Waals surface area contributed by atoms with E-state index in [0.29, 0.717) is 35.8 Å². The molecule has 0 radical (unpaired) electrons. The molecular formula is C24H23N3O3S. The number of rotatable bonds is 6. The number of nitrogens with zero attached hydrogens (tertiary/aromatic N) is 2. The van der Waals surface area contributed by atoms with Crippen molar-refractivity contribution in [1.29, 1.82) is 0 Å². The van der Waals surface area contributed by atoms with E-state index in [0.717, 1.165) is 21.0 Å². The maximum atomic E-state index is 13.0. The molecule has 3 aromatic carbocycles. The minimum Gasteiger partial charge on any atom is -0.380 e. The van der Waals surface area contributed by atoms with Gasteiger partial charge < -0.3 is 14.6 Å². The molecule has 0 unspecified atom stereocenters. The number of thiazole rings is 1. The van der Waals surface area contributed by atoms with E-state index in [1.807, 2.05) is 66.1 Å². The van der Waals surface area contributed by atoms with Crippen molar-refractivity contribution in [2.24, 2.45) is 4.99 Å². The molecule has 0 fully saturated rings. The molecule has 0 aliphatic heterocycles. The Morgan fingerprint density at radius 3 is 2.65 bits per heavy atom. The highest BCUT2D eigenvalue weighted by Gasteiger charge is 2.11. The monoisotopic (exact) mass is 433 g/mol. The number of ether oxygens (including phenoxy) is 1. The van der Waals surface area contributed by atoms with E-state index in [4.69, 9.17) is 4.74 Å². The third-order valence-corrected chi connectivity index (χ3v) is 5.90. The topological polar surface area (TPSA) is 72.7 Å². The van der Waals surface area contributed by atoms with Crippen molar-refractivity contribution in [2.75, 3.05) is 18.5 Å². The Hall–Kier alpha value is -3.29. The predicted octanol–water partition coefficient (Wildman–Crippen LogP) is 4.59. The molecule has 7 heteroatoms. The summed E-state index contributed by atoms with van der Waals surface area (Å²) < 4.78 is 8.46. The molecular weight excluding hydrogens is 410 g/mol. The van der Waals surface area contributed by atoms with Crippen molar-refractivity contribution in [1.82, 2.24) is 4.57 Å². The van der Waals surface area contributed by atoms with E-state index < -0.39 is 0 Å². The van der Waals surface area contributed by atoms with Crippen LogP contribution in [0.3, 0.4) is 0 Å². The van der Waals surface area contributed by atoms with Crippen molar-refractivity contribution in [3.05, 3.63) is 71.0 Å². The van der Waals surface area contributed by atoms with Crippen LogP contribution in [0.2, 0.25) is 0 Å². The van der Waals surface area contributed by atoms with Gasteiger partial charge in [-0.05, 0) is 48.0 Å². The summed E-state index contributed by atoms with van der Waals surface area (Å²) in [6.45, 7) is 5.15. The van der Waals surface area contributed by atoms with Crippen LogP contribution in [0.5, 0.6) is 0 Å². The lowest BCUT2D eigenvalue weighted by atomic mass is 10.1. The number of amides is 2. The number of anilines is 1. The molecule has 0 aliphatic carbocycles. The molecule has 158 valence electrons. The predicted molar refractivity (Wildman–Crippen MR) is 124 cm³/mol. The number of nitrogens with one attached hydrogen (secondary N) is 1. The number of benzene rings is 3. The zero-order valence-electron chi connectivity index (χ0n) is 17.4. The Morgan fingerprint density at radius 1 is 1.06 bits per heavy atom.